The molecule has 0 spiro atoms. The molecule has 2 N–H and O–H groups in total. The van der Waals surface area contributed by atoms with Crippen LogP contribution in [0.25, 0.3) is 22.4 Å². The minimum atomic E-state index is -0.0701. The third-order valence-corrected chi connectivity index (χ3v) is 4.55. The number of carbonyl (C=O) groups excluding carboxylic acids is 1. The van der Waals surface area contributed by atoms with Gasteiger partial charge in [0.05, 0.1) is 17.1 Å². The lowest BCUT2D eigenvalue weighted by molar-refractivity contribution is -0.118. The Balaban J connectivity index is 2.00. The predicted octanol–water partition coefficient (Wildman–Crippen LogP) is 3.55. The van der Waals surface area contributed by atoms with E-state index in [9.17, 15) is 4.79 Å². The number of rotatable bonds is 5. The third-order valence-electron chi connectivity index (χ3n) is 3.16. The van der Waals surface area contributed by atoms with Crippen molar-refractivity contribution in [2.45, 2.75) is 12.1 Å². The standard InChI is InChI=1S/C15H13Cl2N5OS/c1-2-18-11(23)6-24-15-21-12(13-14(22-15)20-7-19-13)9-4-3-8(16)5-10(9)17/h3-5,7H,2,6H2,1H3,(H,18,23)(H,19,20,21,22). The van der Waals surface area contributed by atoms with E-state index in [4.69, 9.17) is 23.2 Å². The van der Waals surface area contributed by atoms with Gasteiger partial charge < -0.3 is 10.3 Å². The molecule has 6 nitrogen and oxygen atoms in total. The topological polar surface area (TPSA) is 83.6 Å². The molecule has 24 heavy (non-hydrogen) atoms. The summed E-state index contributed by atoms with van der Waals surface area (Å²) in [7, 11) is 0. The van der Waals surface area contributed by atoms with Gasteiger partial charge in [-0.25, -0.2) is 15.0 Å². The summed E-state index contributed by atoms with van der Waals surface area (Å²) in [6, 6.07) is 5.20. The number of imidazole rings is 1. The SMILES string of the molecule is CCNC(=O)CSc1nc(-c2ccc(Cl)cc2Cl)c2[nH]cnc2n1. The van der Waals surface area contributed by atoms with E-state index in [1.54, 1.807) is 24.5 Å². The highest BCUT2D eigenvalue weighted by atomic mass is 35.5. The monoisotopic (exact) mass is 381 g/mol. The average molecular weight is 382 g/mol. The van der Waals surface area contributed by atoms with Crippen LogP contribution < -0.4 is 5.32 Å². The lowest BCUT2D eigenvalue weighted by Gasteiger charge is -2.07. The lowest BCUT2D eigenvalue weighted by Crippen LogP contribution is -2.24. The molecular weight excluding hydrogens is 369 g/mol. The number of hydrogen-bond acceptors (Lipinski definition) is 5. The number of thioether (sulfide) groups is 1. The molecule has 0 unspecified atom stereocenters. The number of H-pyrrole nitrogens is 1. The second kappa shape index (κ2) is 7.38. The van der Waals surface area contributed by atoms with E-state index in [1.165, 1.54) is 11.8 Å². The molecule has 0 fully saturated rings. The van der Waals surface area contributed by atoms with Gasteiger partial charge in [0.1, 0.15) is 11.2 Å². The van der Waals surface area contributed by atoms with Crippen molar-refractivity contribution in [3.05, 3.63) is 34.6 Å². The summed E-state index contributed by atoms with van der Waals surface area (Å²) in [5.41, 5.74) is 2.54. The molecule has 3 rings (SSSR count). The van der Waals surface area contributed by atoms with Crippen LogP contribution in [-0.4, -0.2) is 38.1 Å². The van der Waals surface area contributed by atoms with Crippen LogP contribution in [0.15, 0.2) is 29.7 Å². The summed E-state index contributed by atoms with van der Waals surface area (Å²) in [5, 5.41) is 4.23. The zero-order valence-electron chi connectivity index (χ0n) is 12.6. The maximum atomic E-state index is 11.6. The Morgan fingerprint density at radius 2 is 2.17 bits per heavy atom. The second-order valence-electron chi connectivity index (χ2n) is 4.82. The lowest BCUT2D eigenvalue weighted by atomic mass is 10.1. The number of hydrogen-bond donors (Lipinski definition) is 2. The molecule has 0 bridgehead atoms. The molecule has 124 valence electrons. The summed E-state index contributed by atoms with van der Waals surface area (Å²) in [6.45, 7) is 2.46. The van der Waals surface area contributed by atoms with Crippen molar-refractivity contribution in [3.63, 3.8) is 0 Å². The van der Waals surface area contributed by atoms with E-state index < -0.39 is 0 Å². The molecular formula is C15H13Cl2N5OS. The van der Waals surface area contributed by atoms with Crippen molar-refractivity contribution < 1.29 is 4.79 Å². The molecule has 0 atom stereocenters. The highest BCUT2D eigenvalue weighted by molar-refractivity contribution is 7.99. The van der Waals surface area contributed by atoms with Gasteiger partial charge in [0.2, 0.25) is 5.91 Å². The minimum absolute atomic E-state index is 0.0701. The summed E-state index contributed by atoms with van der Waals surface area (Å²) >= 11 is 13.5. The van der Waals surface area contributed by atoms with Crippen LogP contribution in [0.2, 0.25) is 10.0 Å². The maximum Gasteiger partial charge on any atom is 0.230 e. The molecule has 0 aliphatic rings. The van der Waals surface area contributed by atoms with E-state index in [-0.39, 0.29) is 11.7 Å². The number of nitrogens with one attached hydrogen (secondary N) is 2. The zero-order valence-corrected chi connectivity index (χ0v) is 15.0. The maximum absolute atomic E-state index is 11.6. The Hall–Kier alpha value is -1.83. The Labute approximate surface area is 152 Å². The van der Waals surface area contributed by atoms with Crippen LogP contribution in [-0.2, 0) is 4.79 Å². The number of nitrogens with zero attached hydrogens (tertiary/aromatic N) is 3. The second-order valence-corrected chi connectivity index (χ2v) is 6.61. The fraction of sp³-hybridized carbons (Fsp3) is 0.200. The van der Waals surface area contributed by atoms with Crippen molar-refractivity contribution in [1.29, 1.82) is 0 Å². The Morgan fingerprint density at radius 3 is 2.92 bits per heavy atom. The molecule has 0 saturated carbocycles. The average Bonchev–Trinajstić information content (AvgIpc) is 3.01. The van der Waals surface area contributed by atoms with Gasteiger partial charge in [0, 0.05) is 17.1 Å². The van der Waals surface area contributed by atoms with Crippen molar-refractivity contribution in [1.82, 2.24) is 25.3 Å². The minimum Gasteiger partial charge on any atom is -0.356 e. The molecule has 9 heteroatoms. The smallest absolute Gasteiger partial charge is 0.230 e. The van der Waals surface area contributed by atoms with E-state index >= 15 is 0 Å². The number of aromatic nitrogens is 4. The van der Waals surface area contributed by atoms with Crippen molar-refractivity contribution in [2.24, 2.45) is 0 Å². The fourth-order valence-electron chi connectivity index (χ4n) is 2.13. The predicted molar refractivity (Wildman–Crippen MR) is 96.5 cm³/mol. The number of aromatic amines is 1. The van der Waals surface area contributed by atoms with Crippen LogP contribution in [0.5, 0.6) is 0 Å². The molecule has 2 aromatic heterocycles. The zero-order chi connectivity index (χ0) is 17.1. The van der Waals surface area contributed by atoms with Crippen LogP contribution >= 0.6 is 35.0 Å². The summed E-state index contributed by atoms with van der Waals surface area (Å²) < 4.78 is 0. The fourth-order valence-corrected chi connectivity index (χ4v) is 3.30. The normalized spacial score (nSPS) is 11.0. The molecule has 2 heterocycles. The van der Waals surface area contributed by atoms with Gasteiger partial charge in [-0.05, 0) is 25.1 Å². The van der Waals surface area contributed by atoms with Gasteiger partial charge in [0.25, 0.3) is 0 Å². The first-order valence-corrected chi connectivity index (χ1v) is 8.88. The number of fused-ring (bicyclic) bond motifs is 1. The van der Waals surface area contributed by atoms with Gasteiger partial charge in [0.15, 0.2) is 10.8 Å². The Bertz CT molecular complexity index is 899. The van der Waals surface area contributed by atoms with Crippen LogP contribution in [0.1, 0.15) is 6.92 Å². The molecule has 0 aliphatic carbocycles. The van der Waals surface area contributed by atoms with Gasteiger partial charge >= 0.3 is 0 Å². The van der Waals surface area contributed by atoms with Crippen LogP contribution in [0, 0.1) is 0 Å². The van der Waals surface area contributed by atoms with Gasteiger partial charge in [-0.2, -0.15) is 0 Å². The molecule has 0 aliphatic heterocycles. The van der Waals surface area contributed by atoms with Crippen LogP contribution in [0.3, 0.4) is 0 Å². The van der Waals surface area contributed by atoms with E-state index in [2.05, 4.69) is 25.3 Å². The van der Waals surface area contributed by atoms with Crippen LogP contribution in [0.4, 0.5) is 0 Å². The van der Waals surface area contributed by atoms with Gasteiger partial charge in [-0.1, -0.05) is 35.0 Å². The summed E-state index contributed by atoms with van der Waals surface area (Å²) in [4.78, 5) is 27.7. The first-order chi connectivity index (χ1) is 11.6. The Morgan fingerprint density at radius 1 is 1.33 bits per heavy atom. The summed E-state index contributed by atoms with van der Waals surface area (Å²) in [5.74, 6) is 0.164. The largest absolute Gasteiger partial charge is 0.356 e. The van der Waals surface area contributed by atoms with E-state index in [0.29, 0.717) is 38.6 Å². The molecule has 1 aromatic carbocycles. The molecule has 3 aromatic rings. The van der Waals surface area contributed by atoms with Crippen molar-refractivity contribution in [3.8, 4) is 11.3 Å². The van der Waals surface area contributed by atoms with Gasteiger partial charge in [-0.15, -0.1) is 0 Å². The quantitative estimate of drug-likeness (QED) is 0.521. The number of carbonyl (C=O) groups is 1. The number of amides is 1. The molecule has 0 radical (unpaired) electrons. The molecule has 1 amide bonds. The highest BCUT2D eigenvalue weighted by Gasteiger charge is 2.15. The van der Waals surface area contributed by atoms with Crippen molar-refractivity contribution >= 4 is 52.0 Å². The molecule has 0 saturated heterocycles. The summed E-state index contributed by atoms with van der Waals surface area (Å²) in [6.07, 6.45) is 1.55. The van der Waals surface area contributed by atoms with E-state index in [1.807, 2.05) is 6.92 Å². The van der Waals surface area contributed by atoms with Crippen molar-refractivity contribution in [2.75, 3.05) is 12.3 Å². The third kappa shape index (κ3) is 3.63. The first-order valence-electron chi connectivity index (χ1n) is 7.14. The number of halogens is 2. The number of benzene rings is 1. The highest BCUT2D eigenvalue weighted by Crippen LogP contribution is 2.33. The first kappa shape index (κ1) is 17.0. The van der Waals surface area contributed by atoms with Gasteiger partial charge in [-0.3, -0.25) is 4.79 Å². The Kier molecular flexibility index (Phi) is 5.23. The van der Waals surface area contributed by atoms with E-state index in [0.717, 1.165) is 5.56 Å².